The molecule has 2 aromatic rings. The molecule has 1 heterocycles. The van der Waals surface area contributed by atoms with Crippen LogP contribution < -0.4 is 10.6 Å². The van der Waals surface area contributed by atoms with E-state index in [1.807, 2.05) is 36.4 Å². The molecule has 116 valence electrons. The van der Waals surface area contributed by atoms with E-state index in [0.717, 1.165) is 42.6 Å². The van der Waals surface area contributed by atoms with Crippen molar-refractivity contribution in [2.24, 2.45) is 0 Å². The molecule has 1 spiro atoms. The molecule has 0 atom stereocenters. The molecule has 1 aliphatic carbocycles. The average molecular weight is 306 g/mol. The molecule has 2 aromatic carbocycles. The largest absolute Gasteiger partial charge is 0.325 e. The number of hydrogen-bond acceptors (Lipinski definition) is 2. The number of amides is 2. The molecule has 2 aliphatic rings. The summed E-state index contributed by atoms with van der Waals surface area (Å²) in [6.07, 6.45) is 3.94. The van der Waals surface area contributed by atoms with Gasteiger partial charge < -0.3 is 10.6 Å². The lowest BCUT2D eigenvalue weighted by Crippen LogP contribution is -2.31. The normalized spacial score (nSPS) is 17.8. The maximum absolute atomic E-state index is 12.4. The molecule has 0 radical (unpaired) electrons. The predicted octanol–water partition coefficient (Wildman–Crippen LogP) is 3.70. The van der Waals surface area contributed by atoms with Crippen LogP contribution in [0.2, 0.25) is 0 Å². The number of fused-ring (bicyclic) bond motifs is 2. The van der Waals surface area contributed by atoms with Crippen LogP contribution in [0.25, 0.3) is 0 Å². The molecule has 23 heavy (non-hydrogen) atoms. The van der Waals surface area contributed by atoms with Crippen molar-refractivity contribution in [2.75, 3.05) is 10.6 Å². The Bertz CT molecular complexity index is 777. The number of carbonyl (C=O) groups is 2. The summed E-state index contributed by atoms with van der Waals surface area (Å²) in [5.41, 5.74) is 2.89. The molecule has 4 heteroatoms. The van der Waals surface area contributed by atoms with Crippen LogP contribution in [0.3, 0.4) is 0 Å². The Morgan fingerprint density at radius 1 is 1.04 bits per heavy atom. The summed E-state index contributed by atoms with van der Waals surface area (Å²) in [5.74, 6) is -0.0279. The van der Waals surface area contributed by atoms with Crippen molar-refractivity contribution < 1.29 is 9.59 Å². The molecule has 0 bridgehead atoms. The third-order valence-electron chi connectivity index (χ3n) is 4.97. The molecule has 0 saturated heterocycles. The van der Waals surface area contributed by atoms with Crippen LogP contribution in [0.4, 0.5) is 11.4 Å². The fraction of sp³-hybridized carbons (Fsp3) is 0.263. The third-order valence-corrected chi connectivity index (χ3v) is 4.97. The first-order chi connectivity index (χ1) is 11.2. The summed E-state index contributed by atoms with van der Waals surface area (Å²) < 4.78 is 0. The number of rotatable bonds is 2. The molecular formula is C19H18N2O2. The van der Waals surface area contributed by atoms with Gasteiger partial charge in [0.25, 0.3) is 5.91 Å². The van der Waals surface area contributed by atoms with Crippen LogP contribution in [0.1, 0.15) is 41.6 Å². The lowest BCUT2D eigenvalue weighted by molar-refractivity contribution is -0.120. The first-order valence-electron chi connectivity index (χ1n) is 8.01. The molecule has 2 amide bonds. The highest BCUT2D eigenvalue weighted by atomic mass is 16.2. The fourth-order valence-corrected chi connectivity index (χ4v) is 3.76. The van der Waals surface area contributed by atoms with Gasteiger partial charge in [-0.2, -0.15) is 0 Å². The van der Waals surface area contributed by atoms with Gasteiger partial charge in [0.15, 0.2) is 0 Å². The van der Waals surface area contributed by atoms with Crippen molar-refractivity contribution in [3.05, 3.63) is 59.7 Å². The van der Waals surface area contributed by atoms with E-state index in [9.17, 15) is 9.59 Å². The van der Waals surface area contributed by atoms with Crippen molar-refractivity contribution in [1.82, 2.24) is 0 Å². The number of anilines is 2. The second-order valence-electron chi connectivity index (χ2n) is 6.32. The second-order valence-corrected chi connectivity index (χ2v) is 6.32. The zero-order valence-electron chi connectivity index (χ0n) is 12.8. The highest BCUT2D eigenvalue weighted by Gasteiger charge is 2.48. The molecular weight excluding hydrogens is 288 g/mol. The van der Waals surface area contributed by atoms with Crippen molar-refractivity contribution in [2.45, 2.75) is 31.1 Å². The lowest BCUT2D eigenvalue weighted by atomic mass is 9.80. The minimum atomic E-state index is -0.386. The number of nitrogens with one attached hydrogen (secondary N) is 2. The lowest BCUT2D eigenvalue weighted by Gasteiger charge is -2.21. The van der Waals surface area contributed by atoms with E-state index in [1.165, 1.54) is 0 Å². The summed E-state index contributed by atoms with van der Waals surface area (Å²) in [7, 11) is 0. The van der Waals surface area contributed by atoms with Crippen LogP contribution in [-0.4, -0.2) is 11.8 Å². The summed E-state index contributed by atoms with van der Waals surface area (Å²) in [6, 6.07) is 14.8. The molecule has 1 saturated carbocycles. The van der Waals surface area contributed by atoms with Gasteiger partial charge in [0, 0.05) is 16.9 Å². The number of carbonyl (C=O) groups excluding carboxylic acids is 2. The Balaban J connectivity index is 1.64. The zero-order chi connectivity index (χ0) is 15.9. The first kappa shape index (κ1) is 14.0. The van der Waals surface area contributed by atoms with Gasteiger partial charge in [0.05, 0.1) is 5.41 Å². The fourth-order valence-electron chi connectivity index (χ4n) is 3.76. The molecule has 0 unspecified atom stereocenters. The van der Waals surface area contributed by atoms with Crippen LogP contribution in [-0.2, 0) is 10.2 Å². The maximum Gasteiger partial charge on any atom is 0.255 e. The van der Waals surface area contributed by atoms with E-state index in [1.54, 1.807) is 12.1 Å². The smallest absolute Gasteiger partial charge is 0.255 e. The predicted molar refractivity (Wildman–Crippen MR) is 89.6 cm³/mol. The Morgan fingerprint density at radius 3 is 2.52 bits per heavy atom. The monoisotopic (exact) mass is 306 g/mol. The van der Waals surface area contributed by atoms with Crippen molar-refractivity contribution in [3.63, 3.8) is 0 Å². The summed E-state index contributed by atoms with van der Waals surface area (Å²) in [4.78, 5) is 24.7. The molecule has 0 aromatic heterocycles. The van der Waals surface area contributed by atoms with E-state index in [-0.39, 0.29) is 17.2 Å². The van der Waals surface area contributed by atoms with Crippen LogP contribution in [0.15, 0.2) is 48.5 Å². The van der Waals surface area contributed by atoms with Gasteiger partial charge in [0.2, 0.25) is 5.91 Å². The highest BCUT2D eigenvalue weighted by molar-refractivity contribution is 6.08. The summed E-state index contributed by atoms with van der Waals surface area (Å²) >= 11 is 0. The van der Waals surface area contributed by atoms with E-state index in [2.05, 4.69) is 10.6 Å². The van der Waals surface area contributed by atoms with Gasteiger partial charge in [0.1, 0.15) is 0 Å². The Morgan fingerprint density at radius 2 is 1.78 bits per heavy atom. The number of hydrogen-bond donors (Lipinski definition) is 2. The Labute approximate surface area is 134 Å². The average Bonchev–Trinajstić information content (AvgIpc) is 3.17. The SMILES string of the molecule is O=C(Nc1ccc2c(c1)C1(CCCC1)C(=O)N2)c1ccccc1. The maximum atomic E-state index is 12.4. The highest BCUT2D eigenvalue weighted by Crippen LogP contribution is 2.49. The molecule has 4 nitrogen and oxygen atoms in total. The summed E-state index contributed by atoms with van der Waals surface area (Å²) in [5, 5.41) is 5.92. The van der Waals surface area contributed by atoms with E-state index in [4.69, 9.17) is 0 Å². The minimum Gasteiger partial charge on any atom is -0.325 e. The Hall–Kier alpha value is -2.62. The van der Waals surface area contributed by atoms with Crippen molar-refractivity contribution in [3.8, 4) is 0 Å². The quantitative estimate of drug-likeness (QED) is 0.888. The summed E-state index contributed by atoms with van der Waals surface area (Å²) in [6.45, 7) is 0. The van der Waals surface area contributed by atoms with Gasteiger partial charge in [-0.3, -0.25) is 9.59 Å². The first-order valence-corrected chi connectivity index (χ1v) is 8.01. The zero-order valence-corrected chi connectivity index (χ0v) is 12.8. The van der Waals surface area contributed by atoms with Crippen molar-refractivity contribution in [1.29, 1.82) is 0 Å². The molecule has 2 N–H and O–H groups in total. The number of benzene rings is 2. The standard InChI is InChI=1S/C19H18N2O2/c22-17(13-6-2-1-3-7-13)20-14-8-9-16-15(12-14)19(18(23)21-16)10-4-5-11-19/h1-3,6-9,12H,4-5,10-11H2,(H,20,22)(H,21,23). The van der Waals surface area contributed by atoms with E-state index in [0.29, 0.717) is 5.56 Å². The van der Waals surface area contributed by atoms with Crippen molar-refractivity contribution >= 4 is 23.2 Å². The molecule has 4 rings (SSSR count). The topological polar surface area (TPSA) is 58.2 Å². The Kier molecular flexibility index (Phi) is 3.18. The van der Waals surface area contributed by atoms with Gasteiger partial charge in [-0.1, -0.05) is 31.0 Å². The van der Waals surface area contributed by atoms with Crippen LogP contribution >= 0.6 is 0 Å². The molecule has 1 fully saturated rings. The van der Waals surface area contributed by atoms with E-state index < -0.39 is 0 Å². The van der Waals surface area contributed by atoms with Gasteiger partial charge in [-0.15, -0.1) is 0 Å². The van der Waals surface area contributed by atoms with Gasteiger partial charge in [-0.05, 0) is 48.7 Å². The second kappa shape index (κ2) is 5.23. The van der Waals surface area contributed by atoms with Crippen LogP contribution in [0, 0.1) is 0 Å². The van der Waals surface area contributed by atoms with Gasteiger partial charge in [-0.25, -0.2) is 0 Å². The van der Waals surface area contributed by atoms with Gasteiger partial charge >= 0.3 is 0 Å². The molecule has 1 aliphatic heterocycles. The minimum absolute atomic E-state index is 0.108. The third kappa shape index (κ3) is 2.22. The van der Waals surface area contributed by atoms with Crippen LogP contribution in [0.5, 0.6) is 0 Å². The van der Waals surface area contributed by atoms with E-state index >= 15 is 0 Å².